The van der Waals surface area contributed by atoms with Crippen LogP contribution in [0.5, 0.6) is 0 Å². The van der Waals surface area contributed by atoms with E-state index in [0.29, 0.717) is 11.7 Å². The van der Waals surface area contributed by atoms with Gasteiger partial charge in [-0.05, 0) is 30.4 Å². The fourth-order valence-electron chi connectivity index (χ4n) is 2.00. The van der Waals surface area contributed by atoms with E-state index in [1.54, 1.807) is 6.07 Å². The topological polar surface area (TPSA) is 42.7 Å². The zero-order valence-corrected chi connectivity index (χ0v) is 10.5. The van der Waals surface area contributed by atoms with E-state index in [1.807, 2.05) is 17.8 Å². The number of nitrogens with one attached hydrogen (secondary N) is 1. The number of aromatic nitrogens is 3. The number of halogens is 1. The van der Waals surface area contributed by atoms with Gasteiger partial charge in [-0.1, -0.05) is 0 Å². The highest BCUT2D eigenvalue weighted by molar-refractivity contribution is 7.99. The second-order valence-electron chi connectivity index (χ2n) is 4.21. The maximum atomic E-state index is 14.0. The Kier molecular flexibility index (Phi) is 3.19. The molecule has 0 bridgehead atoms. The van der Waals surface area contributed by atoms with Crippen LogP contribution in [0.4, 0.5) is 10.1 Å². The standard InChI is InChI=1S/C12H13FN4S/c13-11-5-9(16-10-3-4-18-6-10)1-2-12(11)17-8-14-7-15-17/h1-2,5,7-8,10,16H,3-4,6H2. The van der Waals surface area contributed by atoms with Crippen LogP contribution in [0.1, 0.15) is 6.42 Å². The van der Waals surface area contributed by atoms with E-state index < -0.39 is 0 Å². The molecule has 0 spiro atoms. The van der Waals surface area contributed by atoms with Crippen LogP contribution < -0.4 is 5.32 Å². The molecule has 1 N–H and O–H groups in total. The summed E-state index contributed by atoms with van der Waals surface area (Å²) in [6.45, 7) is 0. The largest absolute Gasteiger partial charge is 0.381 e. The summed E-state index contributed by atoms with van der Waals surface area (Å²) in [5, 5.41) is 7.27. The molecule has 0 saturated carbocycles. The summed E-state index contributed by atoms with van der Waals surface area (Å²) in [4.78, 5) is 3.81. The first-order valence-electron chi connectivity index (χ1n) is 5.82. The lowest BCUT2D eigenvalue weighted by molar-refractivity contribution is 0.610. The van der Waals surface area contributed by atoms with Crippen LogP contribution in [0.2, 0.25) is 0 Å². The lowest BCUT2D eigenvalue weighted by Gasteiger charge is -2.13. The van der Waals surface area contributed by atoms with E-state index in [2.05, 4.69) is 15.4 Å². The fourth-order valence-corrected chi connectivity index (χ4v) is 3.15. The molecule has 0 radical (unpaired) electrons. The number of thioether (sulfide) groups is 1. The summed E-state index contributed by atoms with van der Waals surface area (Å²) in [5.41, 5.74) is 1.24. The van der Waals surface area contributed by atoms with Crippen LogP contribution in [-0.4, -0.2) is 32.3 Å². The van der Waals surface area contributed by atoms with Crippen molar-refractivity contribution in [2.24, 2.45) is 0 Å². The van der Waals surface area contributed by atoms with Gasteiger partial charge in [0.05, 0.1) is 0 Å². The average Bonchev–Trinajstić information content (AvgIpc) is 3.01. The van der Waals surface area contributed by atoms with E-state index >= 15 is 0 Å². The predicted molar refractivity (Wildman–Crippen MR) is 70.7 cm³/mol. The number of hydrogen-bond donors (Lipinski definition) is 1. The molecular formula is C12H13FN4S. The molecule has 1 unspecified atom stereocenters. The minimum atomic E-state index is -0.295. The molecule has 0 amide bonds. The molecule has 1 saturated heterocycles. The lowest BCUT2D eigenvalue weighted by atomic mass is 10.2. The summed E-state index contributed by atoms with van der Waals surface area (Å²) in [6.07, 6.45) is 4.01. The monoisotopic (exact) mass is 264 g/mol. The van der Waals surface area contributed by atoms with Crippen molar-refractivity contribution in [3.63, 3.8) is 0 Å². The molecular weight excluding hydrogens is 251 g/mol. The molecule has 1 aliphatic rings. The molecule has 1 fully saturated rings. The molecule has 6 heteroatoms. The lowest BCUT2D eigenvalue weighted by Crippen LogP contribution is -2.18. The van der Waals surface area contributed by atoms with Gasteiger partial charge in [0.2, 0.25) is 0 Å². The van der Waals surface area contributed by atoms with Crippen LogP contribution in [0.25, 0.3) is 5.69 Å². The molecule has 1 aliphatic heterocycles. The molecule has 3 rings (SSSR count). The molecule has 4 nitrogen and oxygen atoms in total. The second-order valence-corrected chi connectivity index (χ2v) is 5.36. The van der Waals surface area contributed by atoms with Crippen molar-refractivity contribution in [2.45, 2.75) is 12.5 Å². The molecule has 94 valence electrons. The number of rotatable bonds is 3. The summed E-state index contributed by atoms with van der Waals surface area (Å²) >= 11 is 1.93. The van der Waals surface area contributed by atoms with Crippen molar-refractivity contribution >= 4 is 17.4 Å². The van der Waals surface area contributed by atoms with Crippen LogP contribution >= 0.6 is 11.8 Å². The second kappa shape index (κ2) is 4.97. The van der Waals surface area contributed by atoms with Gasteiger partial charge in [-0.15, -0.1) is 0 Å². The molecule has 1 aromatic carbocycles. The van der Waals surface area contributed by atoms with Gasteiger partial charge in [-0.25, -0.2) is 14.1 Å². The van der Waals surface area contributed by atoms with E-state index in [4.69, 9.17) is 0 Å². The summed E-state index contributed by atoms with van der Waals surface area (Å²) in [6, 6.07) is 5.56. The first-order valence-corrected chi connectivity index (χ1v) is 6.97. The quantitative estimate of drug-likeness (QED) is 0.924. The van der Waals surface area contributed by atoms with Crippen LogP contribution in [0.15, 0.2) is 30.9 Å². The number of hydrogen-bond acceptors (Lipinski definition) is 4. The Morgan fingerprint density at radius 1 is 1.44 bits per heavy atom. The Bertz CT molecular complexity index is 523. The third kappa shape index (κ3) is 2.33. The van der Waals surface area contributed by atoms with Crippen molar-refractivity contribution in [1.82, 2.24) is 14.8 Å². The van der Waals surface area contributed by atoms with E-state index in [9.17, 15) is 4.39 Å². The van der Waals surface area contributed by atoms with Gasteiger partial charge in [0, 0.05) is 17.5 Å². The van der Waals surface area contributed by atoms with Crippen molar-refractivity contribution in [3.8, 4) is 5.69 Å². The third-order valence-corrected chi connectivity index (χ3v) is 4.08. The Hall–Kier alpha value is -1.56. The zero-order chi connectivity index (χ0) is 12.4. The maximum absolute atomic E-state index is 14.0. The summed E-state index contributed by atoms with van der Waals surface area (Å²) in [5.74, 6) is 1.97. The molecule has 1 aromatic heterocycles. The van der Waals surface area contributed by atoms with Crippen LogP contribution in [-0.2, 0) is 0 Å². The van der Waals surface area contributed by atoms with Gasteiger partial charge in [0.1, 0.15) is 18.3 Å². The fraction of sp³-hybridized carbons (Fsp3) is 0.333. The number of anilines is 1. The maximum Gasteiger partial charge on any atom is 0.150 e. The third-order valence-electron chi connectivity index (χ3n) is 2.91. The van der Waals surface area contributed by atoms with Gasteiger partial charge < -0.3 is 5.32 Å². The van der Waals surface area contributed by atoms with Gasteiger partial charge in [0.15, 0.2) is 5.82 Å². The van der Waals surface area contributed by atoms with Gasteiger partial charge in [0.25, 0.3) is 0 Å². The van der Waals surface area contributed by atoms with Crippen molar-refractivity contribution < 1.29 is 4.39 Å². The molecule has 2 aromatic rings. The highest BCUT2D eigenvalue weighted by Gasteiger charge is 2.15. The Balaban J connectivity index is 1.80. The normalized spacial score (nSPS) is 19.1. The zero-order valence-electron chi connectivity index (χ0n) is 9.71. The number of benzene rings is 1. The van der Waals surface area contributed by atoms with Gasteiger partial charge in [-0.3, -0.25) is 0 Å². The van der Waals surface area contributed by atoms with Crippen molar-refractivity contribution in [1.29, 1.82) is 0 Å². The Morgan fingerprint density at radius 3 is 3.06 bits per heavy atom. The van der Waals surface area contributed by atoms with E-state index in [-0.39, 0.29) is 5.82 Å². The average molecular weight is 264 g/mol. The SMILES string of the molecule is Fc1cc(NC2CCSC2)ccc1-n1cncn1. The predicted octanol–water partition coefficient (Wildman–Crippen LogP) is 2.32. The minimum Gasteiger partial charge on any atom is -0.381 e. The van der Waals surface area contributed by atoms with Gasteiger partial charge in [-0.2, -0.15) is 16.9 Å². The first-order chi connectivity index (χ1) is 8.83. The van der Waals surface area contributed by atoms with Gasteiger partial charge >= 0.3 is 0 Å². The highest BCUT2D eigenvalue weighted by atomic mass is 32.2. The molecule has 0 aliphatic carbocycles. The summed E-state index contributed by atoms with van der Waals surface area (Å²) in [7, 11) is 0. The molecule has 1 atom stereocenters. The Labute approximate surface area is 109 Å². The highest BCUT2D eigenvalue weighted by Crippen LogP contribution is 2.23. The molecule has 2 heterocycles. The van der Waals surface area contributed by atoms with Crippen LogP contribution in [0, 0.1) is 5.82 Å². The van der Waals surface area contributed by atoms with Crippen molar-refractivity contribution in [3.05, 3.63) is 36.7 Å². The smallest absolute Gasteiger partial charge is 0.150 e. The molecule has 18 heavy (non-hydrogen) atoms. The number of nitrogens with zero attached hydrogens (tertiary/aromatic N) is 3. The van der Waals surface area contributed by atoms with Crippen molar-refractivity contribution in [2.75, 3.05) is 16.8 Å². The minimum absolute atomic E-state index is 0.295. The van der Waals surface area contributed by atoms with E-state index in [0.717, 1.165) is 17.9 Å². The van der Waals surface area contributed by atoms with E-state index in [1.165, 1.54) is 29.2 Å². The summed E-state index contributed by atoms with van der Waals surface area (Å²) < 4.78 is 15.4. The Morgan fingerprint density at radius 2 is 2.39 bits per heavy atom. The first kappa shape index (κ1) is 11.5. The van der Waals surface area contributed by atoms with Crippen LogP contribution in [0.3, 0.4) is 0 Å².